The van der Waals surface area contributed by atoms with Crippen LogP contribution in [0.2, 0.25) is 0 Å². The van der Waals surface area contributed by atoms with Crippen molar-refractivity contribution in [3.05, 3.63) is 54.3 Å². The largest absolute Gasteiger partial charge is 0.497 e. The van der Waals surface area contributed by atoms with Crippen molar-refractivity contribution in [2.45, 2.75) is 0 Å². The van der Waals surface area contributed by atoms with Gasteiger partial charge in [-0.2, -0.15) is 0 Å². The number of hydrogen-bond acceptors (Lipinski definition) is 4. The molecular formula is C19H22FN4O4+. The Labute approximate surface area is 161 Å². The highest BCUT2D eigenvalue weighted by atomic mass is 19.1. The number of anilines is 2. The normalized spacial score (nSPS) is 11.2. The fraction of sp³-hybridized carbons (Fsp3) is 0.211. The molecule has 2 aromatic rings. The van der Waals surface area contributed by atoms with E-state index in [4.69, 9.17) is 4.74 Å². The maximum absolute atomic E-state index is 13.5. The van der Waals surface area contributed by atoms with Crippen LogP contribution in [0.15, 0.2) is 48.5 Å². The second-order valence-corrected chi connectivity index (χ2v) is 6.07. The predicted molar refractivity (Wildman–Crippen MR) is 102 cm³/mol. The molecule has 0 spiro atoms. The van der Waals surface area contributed by atoms with Crippen molar-refractivity contribution in [3.63, 3.8) is 0 Å². The Morgan fingerprint density at radius 2 is 1.61 bits per heavy atom. The number of halogens is 1. The van der Waals surface area contributed by atoms with Crippen LogP contribution in [0.25, 0.3) is 0 Å². The number of quaternary nitrogens is 1. The summed E-state index contributed by atoms with van der Waals surface area (Å²) >= 11 is 0. The molecule has 28 heavy (non-hydrogen) atoms. The molecule has 0 aliphatic carbocycles. The van der Waals surface area contributed by atoms with Gasteiger partial charge in [0.2, 0.25) is 0 Å². The summed E-state index contributed by atoms with van der Waals surface area (Å²) in [7, 11) is 3.19. The van der Waals surface area contributed by atoms with Gasteiger partial charge in [0.05, 0.1) is 19.8 Å². The summed E-state index contributed by atoms with van der Waals surface area (Å²) < 4.78 is 18.5. The lowest BCUT2D eigenvalue weighted by Crippen LogP contribution is -3.11. The number of amides is 4. The number of carbonyl (C=O) groups excluding carboxylic acids is 3. The second kappa shape index (κ2) is 10.0. The van der Waals surface area contributed by atoms with Gasteiger partial charge >= 0.3 is 6.03 Å². The van der Waals surface area contributed by atoms with Crippen LogP contribution in [0.1, 0.15) is 0 Å². The van der Waals surface area contributed by atoms with Gasteiger partial charge in [-0.15, -0.1) is 0 Å². The monoisotopic (exact) mass is 389 g/mol. The Balaban J connectivity index is 1.75. The van der Waals surface area contributed by atoms with E-state index in [0.29, 0.717) is 16.3 Å². The first-order valence-corrected chi connectivity index (χ1v) is 8.48. The molecule has 0 aromatic heterocycles. The van der Waals surface area contributed by atoms with Gasteiger partial charge in [0.25, 0.3) is 11.8 Å². The molecule has 0 heterocycles. The molecule has 0 aliphatic rings. The van der Waals surface area contributed by atoms with Crippen molar-refractivity contribution < 1.29 is 28.4 Å². The molecule has 8 nitrogen and oxygen atoms in total. The molecule has 148 valence electrons. The SMILES string of the molecule is COc1ccc(NC(=O)C[NH+](C)CC(=O)NC(=O)Nc2ccccc2F)cc1. The zero-order valence-corrected chi connectivity index (χ0v) is 15.5. The number of rotatable bonds is 7. The highest BCUT2D eigenvalue weighted by molar-refractivity contribution is 6.01. The topological polar surface area (TPSA) is 101 Å². The van der Waals surface area contributed by atoms with Gasteiger partial charge in [0.15, 0.2) is 13.1 Å². The fourth-order valence-electron chi connectivity index (χ4n) is 2.38. The molecule has 4 N–H and O–H groups in total. The zero-order valence-electron chi connectivity index (χ0n) is 15.5. The van der Waals surface area contributed by atoms with Crippen molar-refractivity contribution in [2.75, 3.05) is 37.9 Å². The highest BCUT2D eigenvalue weighted by Gasteiger charge is 2.17. The lowest BCUT2D eigenvalue weighted by atomic mass is 10.3. The molecule has 0 aliphatic heterocycles. The summed E-state index contributed by atoms with van der Waals surface area (Å²) in [4.78, 5) is 36.3. The lowest BCUT2D eigenvalue weighted by molar-refractivity contribution is -0.862. The van der Waals surface area contributed by atoms with Crippen LogP contribution in [0.5, 0.6) is 5.75 Å². The van der Waals surface area contributed by atoms with Crippen LogP contribution in [0.3, 0.4) is 0 Å². The first-order chi connectivity index (χ1) is 13.4. The third kappa shape index (κ3) is 6.69. The van der Waals surface area contributed by atoms with E-state index in [1.54, 1.807) is 44.5 Å². The smallest absolute Gasteiger partial charge is 0.326 e. The number of methoxy groups -OCH3 is 1. The minimum Gasteiger partial charge on any atom is -0.497 e. The van der Waals surface area contributed by atoms with Gasteiger partial charge in [0, 0.05) is 5.69 Å². The third-order valence-corrected chi connectivity index (χ3v) is 3.67. The molecule has 1 unspecified atom stereocenters. The van der Waals surface area contributed by atoms with Crippen LogP contribution >= 0.6 is 0 Å². The summed E-state index contributed by atoms with van der Waals surface area (Å²) in [5.41, 5.74) is 0.569. The van der Waals surface area contributed by atoms with Crippen LogP contribution in [0.4, 0.5) is 20.6 Å². The van der Waals surface area contributed by atoms with E-state index in [0.717, 1.165) is 0 Å². The quantitative estimate of drug-likeness (QED) is 0.558. The summed E-state index contributed by atoms with van der Waals surface area (Å²) in [6, 6.07) is 11.6. The van der Waals surface area contributed by atoms with E-state index >= 15 is 0 Å². The maximum Gasteiger partial charge on any atom is 0.326 e. The van der Waals surface area contributed by atoms with E-state index in [1.165, 1.54) is 18.2 Å². The van der Waals surface area contributed by atoms with Gasteiger partial charge in [-0.05, 0) is 36.4 Å². The van der Waals surface area contributed by atoms with E-state index in [9.17, 15) is 18.8 Å². The highest BCUT2D eigenvalue weighted by Crippen LogP contribution is 2.14. The van der Waals surface area contributed by atoms with Crippen molar-refractivity contribution in [2.24, 2.45) is 0 Å². The minimum atomic E-state index is -0.842. The molecule has 0 radical (unpaired) electrons. The Kier molecular flexibility index (Phi) is 7.46. The number of urea groups is 1. The number of imide groups is 1. The van der Waals surface area contributed by atoms with E-state index in [1.807, 2.05) is 0 Å². The molecule has 0 fully saturated rings. The second-order valence-electron chi connectivity index (χ2n) is 6.07. The first kappa shape index (κ1) is 20.8. The Morgan fingerprint density at radius 3 is 2.25 bits per heavy atom. The van der Waals surface area contributed by atoms with Crippen LogP contribution in [0, 0.1) is 5.82 Å². The molecule has 2 aromatic carbocycles. The average Bonchev–Trinajstić information content (AvgIpc) is 2.63. The Morgan fingerprint density at radius 1 is 0.964 bits per heavy atom. The average molecular weight is 389 g/mol. The van der Waals surface area contributed by atoms with Gasteiger partial charge in [-0.25, -0.2) is 9.18 Å². The van der Waals surface area contributed by atoms with Crippen LogP contribution in [-0.2, 0) is 9.59 Å². The summed E-state index contributed by atoms with van der Waals surface area (Å²) in [5.74, 6) is -0.816. The van der Waals surface area contributed by atoms with Crippen molar-refractivity contribution in [1.82, 2.24) is 5.32 Å². The number of likely N-dealkylation sites (N-methyl/N-ethyl adjacent to an activating group) is 1. The summed E-state index contributed by atoms with van der Waals surface area (Å²) in [6.07, 6.45) is 0. The standard InChI is InChI=1S/C19H21FN4O4/c1-24(11-17(25)21-13-7-9-14(28-2)10-8-13)12-18(26)23-19(27)22-16-6-4-3-5-15(16)20/h3-10H,11-12H2,1-2H3,(H,21,25)(H2,22,23,26,27)/p+1. The van der Waals surface area contributed by atoms with Gasteiger partial charge in [-0.3, -0.25) is 14.9 Å². The number of nitrogens with one attached hydrogen (secondary N) is 4. The third-order valence-electron chi connectivity index (χ3n) is 3.67. The van der Waals surface area contributed by atoms with E-state index in [2.05, 4.69) is 16.0 Å². The molecule has 9 heteroatoms. The minimum absolute atomic E-state index is 0.0222. The number of benzene rings is 2. The molecule has 2 rings (SSSR count). The first-order valence-electron chi connectivity index (χ1n) is 8.48. The predicted octanol–water partition coefficient (Wildman–Crippen LogP) is 0.636. The maximum atomic E-state index is 13.5. The molecule has 4 amide bonds. The van der Waals surface area contributed by atoms with Crippen LogP contribution < -0.4 is 25.6 Å². The number of carbonyl (C=O) groups is 3. The van der Waals surface area contributed by atoms with Gasteiger partial charge in [0.1, 0.15) is 11.6 Å². The molecule has 0 saturated heterocycles. The fourth-order valence-corrected chi connectivity index (χ4v) is 2.38. The van der Waals surface area contributed by atoms with Crippen LogP contribution in [-0.4, -0.2) is 45.1 Å². The van der Waals surface area contributed by atoms with Gasteiger partial charge in [-0.1, -0.05) is 12.1 Å². The number of ether oxygens (including phenoxy) is 1. The molecule has 0 saturated carbocycles. The van der Waals surface area contributed by atoms with Crippen molar-refractivity contribution in [3.8, 4) is 5.75 Å². The summed E-state index contributed by atoms with van der Waals surface area (Å²) in [5, 5.41) is 7.06. The number of para-hydroxylation sites is 1. The van der Waals surface area contributed by atoms with Crippen molar-refractivity contribution >= 4 is 29.2 Å². The molecular weight excluding hydrogens is 367 g/mol. The Bertz CT molecular complexity index is 842. The zero-order chi connectivity index (χ0) is 20.5. The number of hydrogen-bond donors (Lipinski definition) is 4. The van der Waals surface area contributed by atoms with Crippen molar-refractivity contribution in [1.29, 1.82) is 0 Å². The van der Waals surface area contributed by atoms with Gasteiger partial charge < -0.3 is 20.3 Å². The molecule has 1 atom stereocenters. The summed E-state index contributed by atoms with van der Waals surface area (Å²) in [6.45, 7) is -0.0882. The lowest BCUT2D eigenvalue weighted by Gasteiger charge is -2.14. The van der Waals surface area contributed by atoms with E-state index < -0.39 is 17.8 Å². The van der Waals surface area contributed by atoms with E-state index in [-0.39, 0.29) is 24.7 Å². The Hall–Kier alpha value is -3.46. The molecule has 0 bridgehead atoms.